The summed E-state index contributed by atoms with van der Waals surface area (Å²) in [6.45, 7) is 6.19. The van der Waals surface area contributed by atoms with E-state index in [9.17, 15) is 9.46 Å². The Balaban J connectivity index is 2.74. The number of phosphoric ester groups is 1. The van der Waals surface area contributed by atoms with Crippen LogP contribution in [0.4, 0.5) is 0 Å². The Hall–Kier alpha value is -0.0100. The zero-order valence-electron chi connectivity index (χ0n) is 11.8. The third-order valence-electron chi connectivity index (χ3n) is 2.85. The Morgan fingerprint density at radius 2 is 1.95 bits per heavy atom. The van der Waals surface area contributed by atoms with Crippen molar-refractivity contribution in [2.45, 2.75) is 45.2 Å². The Morgan fingerprint density at radius 1 is 1.26 bits per heavy atom. The first-order valence-corrected chi connectivity index (χ1v) is 7.86. The van der Waals surface area contributed by atoms with Gasteiger partial charge in [-0.1, -0.05) is 0 Å². The van der Waals surface area contributed by atoms with Crippen LogP contribution in [0.1, 0.15) is 20.8 Å². The van der Waals surface area contributed by atoms with Crippen LogP contribution in [0.25, 0.3) is 0 Å². The van der Waals surface area contributed by atoms with Crippen LogP contribution in [-0.2, 0) is 27.8 Å². The van der Waals surface area contributed by atoms with Gasteiger partial charge in [0, 0.05) is 13.7 Å². The lowest BCUT2D eigenvalue weighted by Gasteiger charge is -2.24. The van der Waals surface area contributed by atoms with Crippen LogP contribution in [0.3, 0.4) is 0 Å². The predicted octanol–water partition coefficient (Wildman–Crippen LogP) is 1.35. The highest BCUT2D eigenvalue weighted by molar-refractivity contribution is 7.47. The Labute approximate surface area is 113 Å². The zero-order valence-corrected chi connectivity index (χ0v) is 12.7. The SMILES string of the molecule is CCOC[C@H]1O[C@@H](C)C(OC)[C@H]1OP(=O)(O)OCC. The van der Waals surface area contributed by atoms with Crippen molar-refractivity contribution in [1.29, 1.82) is 0 Å². The molecule has 0 radical (unpaired) electrons. The number of hydrogen-bond acceptors (Lipinski definition) is 6. The minimum absolute atomic E-state index is 0.0880. The minimum Gasteiger partial charge on any atom is -0.379 e. The summed E-state index contributed by atoms with van der Waals surface area (Å²) in [7, 11) is -2.60. The molecule has 0 aliphatic carbocycles. The smallest absolute Gasteiger partial charge is 0.379 e. The Bertz CT molecular complexity index is 311. The van der Waals surface area contributed by atoms with Crippen molar-refractivity contribution in [3.05, 3.63) is 0 Å². The molecule has 114 valence electrons. The summed E-state index contributed by atoms with van der Waals surface area (Å²) >= 11 is 0. The van der Waals surface area contributed by atoms with Gasteiger partial charge in [0.15, 0.2) is 0 Å². The van der Waals surface area contributed by atoms with Gasteiger partial charge in [-0.15, -0.1) is 0 Å². The van der Waals surface area contributed by atoms with E-state index in [4.69, 9.17) is 23.3 Å². The molecular formula is C11H23O7P. The van der Waals surface area contributed by atoms with Crippen molar-refractivity contribution in [1.82, 2.24) is 0 Å². The molecule has 2 unspecified atom stereocenters. The maximum atomic E-state index is 11.7. The molecule has 1 aliphatic rings. The second kappa shape index (κ2) is 7.69. The van der Waals surface area contributed by atoms with Gasteiger partial charge in [-0.25, -0.2) is 4.57 Å². The normalized spacial score (nSPS) is 34.4. The summed E-state index contributed by atoms with van der Waals surface area (Å²) < 4.78 is 37.8. The fourth-order valence-electron chi connectivity index (χ4n) is 2.08. The third-order valence-corrected chi connectivity index (χ3v) is 3.94. The molecule has 0 aromatic heterocycles. The molecule has 1 heterocycles. The number of phosphoric acid groups is 1. The van der Waals surface area contributed by atoms with Gasteiger partial charge < -0.3 is 19.1 Å². The lowest BCUT2D eigenvalue weighted by molar-refractivity contribution is -0.0393. The number of hydrogen-bond donors (Lipinski definition) is 1. The monoisotopic (exact) mass is 298 g/mol. The van der Waals surface area contributed by atoms with E-state index in [0.717, 1.165) is 0 Å². The lowest BCUT2D eigenvalue weighted by Crippen LogP contribution is -2.37. The molecule has 8 heteroatoms. The maximum Gasteiger partial charge on any atom is 0.472 e. The summed E-state index contributed by atoms with van der Waals surface area (Å²) in [5, 5.41) is 0. The van der Waals surface area contributed by atoms with Crippen molar-refractivity contribution in [3.63, 3.8) is 0 Å². The van der Waals surface area contributed by atoms with E-state index in [1.807, 2.05) is 13.8 Å². The van der Waals surface area contributed by atoms with Crippen molar-refractivity contribution in [2.24, 2.45) is 0 Å². The molecule has 1 aliphatic heterocycles. The van der Waals surface area contributed by atoms with Gasteiger partial charge in [0.1, 0.15) is 18.3 Å². The third kappa shape index (κ3) is 4.79. The summed E-state index contributed by atoms with van der Waals surface area (Å²) in [6.07, 6.45) is -1.84. The molecule has 0 aromatic carbocycles. The van der Waals surface area contributed by atoms with Crippen molar-refractivity contribution >= 4 is 7.82 Å². The molecule has 7 nitrogen and oxygen atoms in total. The fraction of sp³-hybridized carbons (Fsp3) is 1.00. The quantitative estimate of drug-likeness (QED) is 0.677. The van der Waals surface area contributed by atoms with Crippen LogP contribution in [0, 0.1) is 0 Å². The molecule has 0 bridgehead atoms. The molecule has 5 atom stereocenters. The van der Waals surface area contributed by atoms with E-state index < -0.39 is 26.1 Å². The first-order chi connectivity index (χ1) is 8.95. The second-order valence-electron chi connectivity index (χ2n) is 4.20. The molecule has 1 N–H and O–H groups in total. The van der Waals surface area contributed by atoms with Crippen molar-refractivity contribution in [3.8, 4) is 0 Å². The molecule has 1 rings (SSSR count). The zero-order chi connectivity index (χ0) is 14.5. The summed E-state index contributed by atoms with van der Waals surface area (Å²) in [4.78, 5) is 9.58. The van der Waals surface area contributed by atoms with Gasteiger partial charge in [-0.2, -0.15) is 0 Å². The van der Waals surface area contributed by atoms with E-state index in [1.54, 1.807) is 6.92 Å². The summed E-state index contributed by atoms with van der Waals surface area (Å²) in [5.74, 6) is 0. The molecule has 1 fully saturated rings. The average molecular weight is 298 g/mol. The van der Waals surface area contributed by atoms with Crippen LogP contribution in [0.5, 0.6) is 0 Å². The number of ether oxygens (including phenoxy) is 3. The highest BCUT2D eigenvalue weighted by Gasteiger charge is 2.47. The average Bonchev–Trinajstić information content (AvgIpc) is 2.61. The Kier molecular flexibility index (Phi) is 6.90. The van der Waals surface area contributed by atoms with Crippen LogP contribution < -0.4 is 0 Å². The van der Waals surface area contributed by atoms with Gasteiger partial charge >= 0.3 is 7.82 Å². The highest BCUT2D eigenvalue weighted by Crippen LogP contribution is 2.47. The summed E-state index contributed by atoms with van der Waals surface area (Å²) in [6, 6.07) is 0. The molecule has 0 aromatic rings. The van der Waals surface area contributed by atoms with E-state index >= 15 is 0 Å². The van der Waals surface area contributed by atoms with Crippen molar-refractivity contribution < 1.29 is 32.7 Å². The van der Waals surface area contributed by atoms with Gasteiger partial charge in [0.05, 0.1) is 19.3 Å². The standard InChI is InChI=1S/C11H23O7P/c1-5-15-7-9-11(10(14-4)8(3)17-9)18-19(12,13)16-6-2/h8-11H,5-7H2,1-4H3,(H,12,13)/t8-,9+,10?,11-/m0/s1. The van der Waals surface area contributed by atoms with Gasteiger partial charge in [-0.3, -0.25) is 9.05 Å². The summed E-state index contributed by atoms with van der Waals surface area (Å²) in [5.41, 5.74) is 0. The predicted molar refractivity (Wildman–Crippen MR) is 67.9 cm³/mol. The van der Waals surface area contributed by atoms with Crippen LogP contribution in [-0.4, -0.2) is 56.2 Å². The first-order valence-electron chi connectivity index (χ1n) is 6.36. The molecule has 1 saturated heterocycles. The molecule has 0 saturated carbocycles. The van der Waals surface area contributed by atoms with Crippen molar-refractivity contribution in [2.75, 3.05) is 26.9 Å². The Morgan fingerprint density at radius 3 is 2.47 bits per heavy atom. The van der Waals surface area contributed by atoms with E-state index in [1.165, 1.54) is 7.11 Å². The van der Waals surface area contributed by atoms with E-state index in [0.29, 0.717) is 6.61 Å². The van der Waals surface area contributed by atoms with Gasteiger partial charge in [0.2, 0.25) is 0 Å². The fourth-order valence-corrected chi connectivity index (χ4v) is 3.03. The molecule has 19 heavy (non-hydrogen) atoms. The largest absolute Gasteiger partial charge is 0.472 e. The van der Waals surface area contributed by atoms with Gasteiger partial charge in [-0.05, 0) is 20.8 Å². The number of rotatable bonds is 8. The molecule has 0 amide bonds. The molecule has 0 spiro atoms. The van der Waals surface area contributed by atoms with Crippen LogP contribution >= 0.6 is 7.82 Å². The van der Waals surface area contributed by atoms with E-state index in [2.05, 4.69) is 0 Å². The first kappa shape index (κ1) is 17.0. The maximum absolute atomic E-state index is 11.7. The number of methoxy groups -OCH3 is 1. The minimum atomic E-state index is -4.10. The lowest BCUT2D eigenvalue weighted by atomic mass is 10.1. The second-order valence-corrected chi connectivity index (χ2v) is 5.60. The van der Waals surface area contributed by atoms with Gasteiger partial charge in [0.25, 0.3) is 0 Å². The van der Waals surface area contributed by atoms with Crippen LogP contribution in [0.15, 0.2) is 0 Å². The molecular weight excluding hydrogens is 275 g/mol. The van der Waals surface area contributed by atoms with E-state index in [-0.39, 0.29) is 19.3 Å². The topological polar surface area (TPSA) is 83.5 Å². The van der Waals surface area contributed by atoms with Crippen LogP contribution in [0.2, 0.25) is 0 Å². The highest BCUT2D eigenvalue weighted by atomic mass is 31.2.